The van der Waals surface area contributed by atoms with Crippen molar-refractivity contribution in [2.75, 3.05) is 13.2 Å². The minimum Gasteiger partial charge on any atom is -0.370 e. The molecule has 1 aromatic heterocycles. The molecule has 18 heavy (non-hydrogen) atoms. The second-order valence-corrected chi connectivity index (χ2v) is 4.05. The maximum atomic E-state index is 12.4. The number of aromatic nitrogens is 3. The molecule has 1 atom stereocenters. The average Bonchev–Trinajstić information content (AvgIpc) is 2.98. The number of nitrogens with one attached hydrogen (secondary N) is 2. The van der Waals surface area contributed by atoms with E-state index in [1.807, 2.05) is 0 Å². The van der Waals surface area contributed by atoms with E-state index in [0.717, 1.165) is 19.4 Å². The lowest BCUT2D eigenvalue weighted by Crippen LogP contribution is -2.25. The fraction of sp³-hybridized carbons (Fsp3) is 0.545. The Kier molecular flexibility index (Phi) is 4.03. The Labute approximate surface area is 104 Å². The van der Waals surface area contributed by atoms with Crippen LogP contribution in [0.2, 0.25) is 0 Å². The van der Waals surface area contributed by atoms with Crippen molar-refractivity contribution in [3.8, 4) is 0 Å². The van der Waals surface area contributed by atoms with Crippen LogP contribution >= 0.6 is 0 Å². The summed E-state index contributed by atoms with van der Waals surface area (Å²) in [5.41, 5.74) is 0. The monoisotopic (exact) mass is 254 g/mol. The Balaban J connectivity index is 1.80. The highest BCUT2D eigenvalue weighted by Crippen LogP contribution is 2.25. The fourth-order valence-electron chi connectivity index (χ4n) is 1.74. The number of rotatable bonds is 5. The van der Waals surface area contributed by atoms with Crippen molar-refractivity contribution in [3.05, 3.63) is 24.1 Å². The average molecular weight is 254 g/mol. The zero-order valence-corrected chi connectivity index (χ0v) is 9.91. The number of hydrogen-bond donors (Lipinski definition) is 2. The SMILES string of the molecule is C=C(F)C(=O)NCCc1nc(C2CCCO2)n[nH]1. The summed E-state index contributed by atoms with van der Waals surface area (Å²) < 4.78 is 17.8. The Morgan fingerprint density at radius 2 is 2.50 bits per heavy atom. The highest BCUT2D eigenvalue weighted by molar-refractivity contribution is 5.90. The van der Waals surface area contributed by atoms with Gasteiger partial charge in [0.15, 0.2) is 11.7 Å². The summed E-state index contributed by atoms with van der Waals surface area (Å²) in [6.07, 6.45) is 2.37. The molecule has 1 fully saturated rings. The number of ether oxygens (including phenoxy) is 1. The number of H-pyrrole nitrogens is 1. The third-order valence-corrected chi connectivity index (χ3v) is 2.66. The van der Waals surface area contributed by atoms with E-state index in [0.29, 0.717) is 18.1 Å². The number of nitrogens with zero attached hydrogens (tertiary/aromatic N) is 2. The van der Waals surface area contributed by atoms with Gasteiger partial charge in [-0.3, -0.25) is 9.89 Å². The Bertz CT molecular complexity index is 440. The van der Waals surface area contributed by atoms with Crippen molar-refractivity contribution < 1.29 is 13.9 Å². The largest absolute Gasteiger partial charge is 0.370 e. The molecule has 6 nitrogen and oxygen atoms in total. The molecule has 2 rings (SSSR count). The van der Waals surface area contributed by atoms with Crippen LogP contribution in [0.5, 0.6) is 0 Å². The molecule has 0 aromatic carbocycles. The second-order valence-electron chi connectivity index (χ2n) is 4.05. The van der Waals surface area contributed by atoms with Gasteiger partial charge in [-0.25, -0.2) is 9.37 Å². The molecule has 1 aliphatic rings. The third-order valence-electron chi connectivity index (χ3n) is 2.66. The molecule has 1 amide bonds. The highest BCUT2D eigenvalue weighted by atomic mass is 19.1. The summed E-state index contributed by atoms with van der Waals surface area (Å²) in [6.45, 7) is 3.93. The summed E-state index contributed by atoms with van der Waals surface area (Å²) in [7, 11) is 0. The van der Waals surface area contributed by atoms with Crippen LogP contribution in [0.3, 0.4) is 0 Å². The summed E-state index contributed by atoms with van der Waals surface area (Å²) in [6, 6.07) is 0. The second kappa shape index (κ2) is 5.72. The van der Waals surface area contributed by atoms with Crippen LogP contribution in [0, 0.1) is 0 Å². The number of halogens is 1. The van der Waals surface area contributed by atoms with E-state index in [9.17, 15) is 9.18 Å². The molecule has 98 valence electrons. The third kappa shape index (κ3) is 3.13. The summed E-state index contributed by atoms with van der Waals surface area (Å²) >= 11 is 0. The first-order valence-corrected chi connectivity index (χ1v) is 5.82. The lowest BCUT2D eigenvalue weighted by Gasteiger charge is -2.02. The van der Waals surface area contributed by atoms with Crippen LogP contribution in [-0.2, 0) is 16.0 Å². The molecule has 0 bridgehead atoms. The lowest BCUT2D eigenvalue weighted by atomic mass is 10.2. The number of carbonyl (C=O) groups is 1. The van der Waals surface area contributed by atoms with Gasteiger partial charge in [0.1, 0.15) is 11.9 Å². The van der Waals surface area contributed by atoms with Crippen molar-refractivity contribution >= 4 is 5.91 Å². The summed E-state index contributed by atoms with van der Waals surface area (Å²) in [4.78, 5) is 15.2. The molecule has 7 heteroatoms. The minimum absolute atomic E-state index is 0.0322. The molecule has 1 saturated heterocycles. The van der Waals surface area contributed by atoms with Crippen LogP contribution < -0.4 is 5.32 Å². The van der Waals surface area contributed by atoms with E-state index in [4.69, 9.17) is 4.74 Å². The van der Waals surface area contributed by atoms with Gasteiger partial charge < -0.3 is 10.1 Å². The maximum absolute atomic E-state index is 12.4. The zero-order chi connectivity index (χ0) is 13.0. The van der Waals surface area contributed by atoms with Crippen molar-refractivity contribution in [1.29, 1.82) is 0 Å². The van der Waals surface area contributed by atoms with Gasteiger partial charge in [-0.15, -0.1) is 0 Å². The van der Waals surface area contributed by atoms with E-state index in [1.165, 1.54) is 0 Å². The maximum Gasteiger partial charge on any atom is 0.279 e. The van der Waals surface area contributed by atoms with Crippen LogP contribution in [0.4, 0.5) is 4.39 Å². The molecule has 0 saturated carbocycles. The molecular formula is C11H15FN4O2. The Morgan fingerprint density at radius 1 is 1.67 bits per heavy atom. The Hall–Kier alpha value is -1.76. The van der Waals surface area contributed by atoms with Crippen molar-refractivity contribution in [3.63, 3.8) is 0 Å². The molecule has 2 N–H and O–H groups in total. The predicted octanol–water partition coefficient (Wildman–Crippen LogP) is 0.798. The van der Waals surface area contributed by atoms with E-state index in [-0.39, 0.29) is 12.6 Å². The summed E-state index contributed by atoms with van der Waals surface area (Å²) in [5, 5.41) is 9.22. The lowest BCUT2D eigenvalue weighted by molar-refractivity contribution is -0.118. The molecule has 1 aliphatic heterocycles. The summed E-state index contributed by atoms with van der Waals surface area (Å²) in [5.74, 6) is -0.504. The molecule has 0 spiro atoms. The molecule has 1 unspecified atom stereocenters. The van der Waals surface area contributed by atoms with Gasteiger partial charge in [0.25, 0.3) is 5.91 Å². The fourth-order valence-corrected chi connectivity index (χ4v) is 1.74. The standard InChI is InChI=1S/C11H15FN4O2/c1-7(12)11(17)13-5-4-9-14-10(16-15-9)8-3-2-6-18-8/h8H,1-6H2,(H,13,17)(H,14,15,16). The smallest absolute Gasteiger partial charge is 0.279 e. The first-order chi connectivity index (χ1) is 8.66. The Morgan fingerprint density at radius 3 is 3.17 bits per heavy atom. The van der Waals surface area contributed by atoms with E-state index in [2.05, 4.69) is 27.1 Å². The first kappa shape index (κ1) is 12.7. The molecule has 0 aliphatic carbocycles. The quantitative estimate of drug-likeness (QED) is 0.762. The number of hydrogen-bond acceptors (Lipinski definition) is 4. The van der Waals surface area contributed by atoms with Crippen molar-refractivity contribution in [2.24, 2.45) is 0 Å². The van der Waals surface area contributed by atoms with Crippen LogP contribution in [0.25, 0.3) is 0 Å². The molecule has 0 radical (unpaired) electrons. The van der Waals surface area contributed by atoms with Crippen molar-refractivity contribution in [2.45, 2.75) is 25.4 Å². The topological polar surface area (TPSA) is 79.9 Å². The van der Waals surface area contributed by atoms with Crippen LogP contribution in [0.1, 0.15) is 30.6 Å². The van der Waals surface area contributed by atoms with Crippen LogP contribution in [-0.4, -0.2) is 34.2 Å². The van der Waals surface area contributed by atoms with Crippen LogP contribution in [0.15, 0.2) is 12.4 Å². The van der Waals surface area contributed by atoms with Gasteiger partial charge >= 0.3 is 0 Å². The highest BCUT2D eigenvalue weighted by Gasteiger charge is 2.21. The zero-order valence-electron chi connectivity index (χ0n) is 9.91. The predicted molar refractivity (Wildman–Crippen MR) is 61.3 cm³/mol. The molecular weight excluding hydrogens is 239 g/mol. The number of carbonyl (C=O) groups excluding carboxylic acids is 1. The number of amides is 1. The number of aromatic amines is 1. The van der Waals surface area contributed by atoms with Gasteiger partial charge in [0, 0.05) is 19.6 Å². The van der Waals surface area contributed by atoms with Gasteiger partial charge in [0.2, 0.25) is 0 Å². The molecule has 2 heterocycles. The first-order valence-electron chi connectivity index (χ1n) is 5.82. The van der Waals surface area contributed by atoms with Gasteiger partial charge in [0.05, 0.1) is 0 Å². The van der Waals surface area contributed by atoms with E-state index in [1.54, 1.807) is 0 Å². The molecule has 1 aromatic rings. The van der Waals surface area contributed by atoms with Gasteiger partial charge in [-0.2, -0.15) is 5.10 Å². The van der Waals surface area contributed by atoms with E-state index < -0.39 is 11.7 Å². The minimum atomic E-state index is -0.993. The van der Waals surface area contributed by atoms with Crippen molar-refractivity contribution in [1.82, 2.24) is 20.5 Å². The van der Waals surface area contributed by atoms with Gasteiger partial charge in [-0.05, 0) is 12.8 Å². The van der Waals surface area contributed by atoms with E-state index >= 15 is 0 Å². The normalized spacial score (nSPS) is 18.8. The van der Waals surface area contributed by atoms with Gasteiger partial charge in [-0.1, -0.05) is 6.58 Å².